The fraction of sp³-hybridized carbons (Fsp3) is 1.00. The van der Waals surface area contributed by atoms with E-state index >= 15 is 0 Å². The van der Waals surface area contributed by atoms with Gasteiger partial charge >= 0.3 is 0 Å². The van der Waals surface area contributed by atoms with Gasteiger partial charge in [0, 0.05) is 10.8 Å². The molecule has 1 aliphatic carbocycles. The Morgan fingerprint density at radius 1 is 1.21 bits per heavy atom. The van der Waals surface area contributed by atoms with Crippen molar-refractivity contribution in [1.82, 2.24) is 0 Å². The highest BCUT2D eigenvalue weighted by Gasteiger charge is 2.49. The molecule has 0 atom stereocenters. The van der Waals surface area contributed by atoms with Gasteiger partial charge in [0.2, 0.25) is 0 Å². The molecule has 1 saturated carbocycles. The van der Waals surface area contributed by atoms with Crippen molar-refractivity contribution in [1.29, 1.82) is 0 Å². The van der Waals surface area contributed by atoms with Crippen LogP contribution in [-0.2, 0) is 0 Å². The SMILES string of the molecule is O=[N+]([O-])C(CO)(CO)C1CCCCC1. The molecule has 0 spiro atoms. The summed E-state index contributed by atoms with van der Waals surface area (Å²) >= 11 is 0. The topological polar surface area (TPSA) is 83.6 Å². The van der Waals surface area contributed by atoms with Crippen LogP contribution < -0.4 is 0 Å². The minimum atomic E-state index is -1.51. The molecule has 0 saturated heterocycles. The lowest BCUT2D eigenvalue weighted by Gasteiger charge is -2.32. The molecule has 0 unspecified atom stereocenters. The van der Waals surface area contributed by atoms with Gasteiger partial charge < -0.3 is 10.2 Å². The first kappa shape index (κ1) is 11.4. The summed E-state index contributed by atoms with van der Waals surface area (Å²) in [6.07, 6.45) is 4.49. The zero-order valence-electron chi connectivity index (χ0n) is 8.19. The lowest BCUT2D eigenvalue weighted by Crippen LogP contribution is -2.52. The molecule has 0 amide bonds. The quantitative estimate of drug-likeness (QED) is 0.516. The van der Waals surface area contributed by atoms with Crippen molar-refractivity contribution < 1.29 is 15.1 Å². The standard InChI is InChI=1S/C9H17NO4/c11-6-9(7-12,10(13)14)8-4-2-1-3-5-8/h8,11-12H,1-7H2. The molecule has 0 radical (unpaired) electrons. The summed E-state index contributed by atoms with van der Waals surface area (Å²) in [7, 11) is 0. The molecule has 0 aromatic carbocycles. The van der Waals surface area contributed by atoms with Gasteiger partial charge in [-0.15, -0.1) is 0 Å². The molecular weight excluding hydrogens is 186 g/mol. The van der Waals surface area contributed by atoms with Gasteiger partial charge in [-0.2, -0.15) is 0 Å². The third-order valence-corrected chi connectivity index (χ3v) is 3.28. The summed E-state index contributed by atoms with van der Waals surface area (Å²) in [4.78, 5) is 10.4. The van der Waals surface area contributed by atoms with E-state index in [4.69, 9.17) is 10.2 Å². The molecule has 0 aromatic rings. The van der Waals surface area contributed by atoms with Crippen molar-refractivity contribution in [3.05, 3.63) is 10.1 Å². The minimum Gasteiger partial charge on any atom is -0.389 e. The predicted molar refractivity (Wildman–Crippen MR) is 50.5 cm³/mol. The van der Waals surface area contributed by atoms with Gasteiger partial charge in [0.15, 0.2) is 0 Å². The molecule has 0 heterocycles. The van der Waals surface area contributed by atoms with E-state index in [1.165, 1.54) is 0 Å². The molecule has 5 nitrogen and oxygen atoms in total. The summed E-state index contributed by atoms with van der Waals surface area (Å²) in [5.41, 5.74) is -1.51. The molecule has 0 bridgehead atoms. The molecule has 14 heavy (non-hydrogen) atoms. The number of rotatable bonds is 4. The Kier molecular flexibility index (Phi) is 3.83. The highest BCUT2D eigenvalue weighted by Crippen LogP contribution is 2.34. The number of aliphatic hydroxyl groups excluding tert-OH is 2. The van der Waals surface area contributed by atoms with Crippen LogP contribution in [0.5, 0.6) is 0 Å². The lowest BCUT2D eigenvalue weighted by atomic mass is 9.76. The number of nitrogens with zero attached hydrogens (tertiary/aromatic N) is 1. The Labute approximate surface area is 82.9 Å². The fourth-order valence-electron chi connectivity index (χ4n) is 2.21. The highest BCUT2D eigenvalue weighted by molar-refractivity contribution is 4.88. The van der Waals surface area contributed by atoms with Gasteiger partial charge in [-0.3, -0.25) is 10.1 Å². The summed E-state index contributed by atoms with van der Waals surface area (Å²) < 4.78 is 0. The zero-order chi connectivity index (χ0) is 10.6. The maximum Gasteiger partial charge on any atom is 0.270 e. The molecule has 1 rings (SSSR count). The van der Waals surface area contributed by atoms with Crippen LogP contribution in [0.3, 0.4) is 0 Å². The largest absolute Gasteiger partial charge is 0.389 e. The van der Waals surface area contributed by atoms with Crippen LogP contribution in [0.15, 0.2) is 0 Å². The van der Waals surface area contributed by atoms with E-state index in [2.05, 4.69) is 0 Å². The van der Waals surface area contributed by atoms with Crippen molar-refractivity contribution in [2.75, 3.05) is 13.2 Å². The summed E-state index contributed by atoms with van der Waals surface area (Å²) in [6, 6.07) is 0. The Bertz CT molecular complexity index is 197. The Morgan fingerprint density at radius 3 is 2.07 bits per heavy atom. The van der Waals surface area contributed by atoms with E-state index in [0.717, 1.165) is 32.1 Å². The normalized spacial score (nSPS) is 19.6. The molecule has 0 aromatic heterocycles. The van der Waals surface area contributed by atoms with Crippen molar-refractivity contribution in [3.63, 3.8) is 0 Å². The zero-order valence-corrected chi connectivity index (χ0v) is 8.19. The fourth-order valence-corrected chi connectivity index (χ4v) is 2.21. The molecule has 82 valence electrons. The Morgan fingerprint density at radius 2 is 1.71 bits per heavy atom. The number of hydrogen-bond acceptors (Lipinski definition) is 4. The van der Waals surface area contributed by atoms with E-state index in [1.54, 1.807) is 0 Å². The van der Waals surface area contributed by atoms with E-state index in [9.17, 15) is 10.1 Å². The second kappa shape index (κ2) is 4.70. The maximum absolute atomic E-state index is 10.9. The molecule has 5 heteroatoms. The van der Waals surface area contributed by atoms with E-state index in [1.807, 2.05) is 0 Å². The summed E-state index contributed by atoms with van der Waals surface area (Å²) in [6.45, 7) is -1.14. The van der Waals surface area contributed by atoms with E-state index < -0.39 is 23.7 Å². The molecule has 2 N–H and O–H groups in total. The van der Waals surface area contributed by atoms with Gasteiger partial charge in [0.05, 0.1) is 0 Å². The van der Waals surface area contributed by atoms with Crippen molar-refractivity contribution in [2.24, 2.45) is 5.92 Å². The first-order valence-corrected chi connectivity index (χ1v) is 5.03. The van der Waals surface area contributed by atoms with Crippen LogP contribution >= 0.6 is 0 Å². The van der Waals surface area contributed by atoms with Crippen LogP contribution in [0.4, 0.5) is 0 Å². The Balaban J connectivity index is 2.78. The number of aliphatic hydroxyl groups is 2. The first-order chi connectivity index (χ1) is 6.67. The monoisotopic (exact) mass is 203 g/mol. The predicted octanol–water partition coefficient (Wildman–Crippen LogP) is 0.567. The van der Waals surface area contributed by atoms with Gasteiger partial charge in [-0.05, 0) is 12.8 Å². The van der Waals surface area contributed by atoms with E-state index in [-0.39, 0.29) is 5.92 Å². The van der Waals surface area contributed by atoms with Crippen LogP contribution in [0.2, 0.25) is 0 Å². The number of nitro groups is 1. The van der Waals surface area contributed by atoms with Gasteiger partial charge in [-0.25, -0.2) is 0 Å². The van der Waals surface area contributed by atoms with Crippen molar-refractivity contribution in [2.45, 2.75) is 37.6 Å². The van der Waals surface area contributed by atoms with Gasteiger partial charge in [0.1, 0.15) is 13.2 Å². The van der Waals surface area contributed by atoms with Gasteiger partial charge in [0.25, 0.3) is 5.54 Å². The van der Waals surface area contributed by atoms with Crippen LogP contribution in [0, 0.1) is 16.0 Å². The Hall–Kier alpha value is -0.680. The third-order valence-electron chi connectivity index (χ3n) is 3.28. The second-order valence-electron chi connectivity index (χ2n) is 4.01. The molecule has 1 aliphatic rings. The highest BCUT2D eigenvalue weighted by atomic mass is 16.6. The summed E-state index contributed by atoms with van der Waals surface area (Å²) in [5, 5.41) is 29.1. The van der Waals surface area contributed by atoms with Crippen LogP contribution in [0.1, 0.15) is 32.1 Å². The lowest BCUT2D eigenvalue weighted by molar-refractivity contribution is -0.589. The maximum atomic E-state index is 10.9. The first-order valence-electron chi connectivity index (χ1n) is 5.03. The molecular formula is C9H17NO4. The average molecular weight is 203 g/mol. The summed E-state index contributed by atoms with van der Waals surface area (Å²) in [5.74, 6) is -0.179. The minimum absolute atomic E-state index is 0.179. The van der Waals surface area contributed by atoms with E-state index in [0.29, 0.717) is 0 Å². The smallest absolute Gasteiger partial charge is 0.270 e. The molecule has 1 fully saturated rings. The van der Waals surface area contributed by atoms with Gasteiger partial charge in [-0.1, -0.05) is 19.3 Å². The second-order valence-corrected chi connectivity index (χ2v) is 4.01. The third kappa shape index (κ3) is 1.88. The van der Waals surface area contributed by atoms with Crippen LogP contribution in [0.25, 0.3) is 0 Å². The average Bonchev–Trinajstić information content (AvgIpc) is 2.22. The molecule has 0 aliphatic heterocycles. The number of hydrogen-bond donors (Lipinski definition) is 2. The van der Waals surface area contributed by atoms with Crippen LogP contribution in [-0.4, -0.2) is 33.9 Å². The van der Waals surface area contributed by atoms with Crippen molar-refractivity contribution >= 4 is 0 Å². The van der Waals surface area contributed by atoms with Crippen molar-refractivity contribution in [3.8, 4) is 0 Å².